The normalized spacial score (nSPS) is 12.5. The van der Waals surface area contributed by atoms with Crippen molar-refractivity contribution in [1.82, 2.24) is 0 Å². The van der Waals surface area contributed by atoms with Gasteiger partial charge < -0.3 is 5.73 Å². The summed E-state index contributed by atoms with van der Waals surface area (Å²) in [5.41, 5.74) is 7.30. The average molecular weight is 251 g/mol. The first-order valence-electron chi connectivity index (χ1n) is 5.45. The molecule has 1 unspecified atom stereocenters. The van der Waals surface area contributed by atoms with E-state index < -0.39 is 23.5 Å². The highest BCUT2D eigenvalue weighted by molar-refractivity contribution is 5.37. The standard InChI is InChI=1S/C14H12F3N/c1-8-2-3-9(15)6-12(8)14(18)11-5-4-10(16)7-13(11)17/h2-7,14H,18H2,1H3. The second-order valence-electron chi connectivity index (χ2n) is 4.14. The van der Waals surface area contributed by atoms with Gasteiger partial charge in [-0.1, -0.05) is 12.1 Å². The molecule has 0 bridgehead atoms. The van der Waals surface area contributed by atoms with E-state index in [1.165, 1.54) is 18.2 Å². The maximum absolute atomic E-state index is 13.6. The smallest absolute Gasteiger partial charge is 0.131 e. The molecule has 0 aliphatic rings. The summed E-state index contributed by atoms with van der Waals surface area (Å²) in [5, 5.41) is 0. The van der Waals surface area contributed by atoms with Crippen molar-refractivity contribution in [3.8, 4) is 0 Å². The van der Waals surface area contributed by atoms with Crippen molar-refractivity contribution in [2.45, 2.75) is 13.0 Å². The zero-order chi connectivity index (χ0) is 13.3. The minimum atomic E-state index is -0.818. The lowest BCUT2D eigenvalue weighted by molar-refractivity contribution is 0.564. The van der Waals surface area contributed by atoms with Crippen molar-refractivity contribution in [1.29, 1.82) is 0 Å². The first-order chi connectivity index (χ1) is 8.49. The third kappa shape index (κ3) is 2.38. The number of halogens is 3. The van der Waals surface area contributed by atoms with Gasteiger partial charge in [0.05, 0.1) is 6.04 Å². The van der Waals surface area contributed by atoms with Gasteiger partial charge in [0.2, 0.25) is 0 Å². The van der Waals surface area contributed by atoms with Crippen molar-refractivity contribution >= 4 is 0 Å². The Kier molecular flexibility index (Phi) is 3.39. The van der Waals surface area contributed by atoms with Gasteiger partial charge in [0.1, 0.15) is 17.5 Å². The Morgan fingerprint density at radius 3 is 2.17 bits per heavy atom. The molecule has 2 N–H and O–H groups in total. The zero-order valence-electron chi connectivity index (χ0n) is 9.75. The Balaban J connectivity index is 2.47. The van der Waals surface area contributed by atoms with Gasteiger partial charge >= 0.3 is 0 Å². The second-order valence-corrected chi connectivity index (χ2v) is 4.14. The largest absolute Gasteiger partial charge is 0.320 e. The van der Waals surface area contributed by atoms with Gasteiger partial charge in [-0.3, -0.25) is 0 Å². The van der Waals surface area contributed by atoms with Crippen LogP contribution in [0.5, 0.6) is 0 Å². The Bertz CT molecular complexity index is 581. The monoisotopic (exact) mass is 251 g/mol. The molecule has 94 valence electrons. The molecule has 0 aliphatic carbocycles. The fourth-order valence-electron chi connectivity index (χ4n) is 1.87. The number of aryl methyl sites for hydroxylation is 1. The summed E-state index contributed by atoms with van der Waals surface area (Å²) in [5.74, 6) is -1.83. The lowest BCUT2D eigenvalue weighted by Crippen LogP contribution is -2.15. The topological polar surface area (TPSA) is 26.0 Å². The number of hydrogen-bond donors (Lipinski definition) is 1. The third-order valence-corrected chi connectivity index (χ3v) is 2.87. The molecule has 0 fully saturated rings. The van der Waals surface area contributed by atoms with Crippen molar-refractivity contribution in [2.75, 3.05) is 0 Å². The number of rotatable bonds is 2. The molecule has 0 heterocycles. The van der Waals surface area contributed by atoms with Gasteiger partial charge in [0, 0.05) is 11.6 Å². The Hall–Kier alpha value is -1.81. The Morgan fingerprint density at radius 1 is 0.889 bits per heavy atom. The molecule has 0 saturated carbocycles. The van der Waals surface area contributed by atoms with Crippen LogP contribution in [0, 0.1) is 24.4 Å². The Labute approximate surface area is 103 Å². The molecule has 2 rings (SSSR count). The minimum Gasteiger partial charge on any atom is -0.320 e. The maximum atomic E-state index is 13.6. The molecule has 1 nitrogen and oxygen atoms in total. The van der Waals surface area contributed by atoms with Gasteiger partial charge in [0.15, 0.2) is 0 Å². The summed E-state index contributed by atoms with van der Waals surface area (Å²) in [6.07, 6.45) is 0. The van der Waals surface area contributed by atoms with Crippen LogP contribution in [0.1, 0.15) is 22.7 Å². The van der Waals surface area contributed by atoms with Crippen LogP contribution < -0.4 is 5.73 Å². The van der Waals surface area contributed by atoms with E-state index in [9.17, 15) is 13.2 Å². The summed E-state index contributed by atoms with van der Waals surface area (Å²) in [7, 11) is 0. The van der Waals surface area contributed by atoms with Crippen LogP contribution in [0.2, 0.25) is 0 Å². The van der Waals surface area contributed by atoms with Gasteiger partial charge in [-0.15, -0.1) is 0 Å². The molecule has 18 heavy (non-hydrogen) atoms. The summed E-state index contributed by atoms with van der Waals surface area (Å²) < 4.78 is 39.6. The number of hydrogen-bond acceptors (Lipinski definition) is 1. The first kappa shape index (κ1) is 12.6. The van der Waals surface area contributed by atoms with Crippen molar-refractivity contribution < 1.29 is 13.2 Å². The second kappa shape index (κ2) is 4.82. The average Bonchev–Trinajstić information content (AvgIpc) is 2.31. The molecular weight excluding hydrogens is 239 g/mol. The van der Waals surface area contributed by atoms with Crippen LogP contribution in [0.4, 0.5) is 13.2 Å². The lowest BCUT2D eigenvalue weighted by Gasteiger charge is -2.16. The predicted octanol–water partition coefficient (Wildman–Crippen LogP) is 3.46. The molecule has 0 saturated heterocycles. The van der Waals surface area contributed by atoms with Crippen LogP contribution >= 0.6 is 0 Å². The van der Waals surface area contributed by atoms with E-state index in [0.717, 1.165) is 17.7 Å². The predicted molar refractivity (Wildman–Crippen MR) is 63.5 cm³/mol. The van der Waals surface area contributed by atoms with E-state index in [1.54, 1.807) is 13.0 Å². The van der Waals surface area contributed by atoms with Crippen LogP contribution in [0.3, 0.4) is 0 Å². The molecule has 0 spiro atoms. The number of benzene rings is 2. The fourth-order valence-corrected chi connectivity index (χ4v) is 1.87. The summed E-state index contributed by atoms with van der Waals surface area (Å²) in [6.45, 7) is 1.76. The molecule has 1 atom stereocenters. The zero-order valence-corrected chi connectivity index (χ0v) is 9.75. The molecule has 2 aromatic rings. The number of nitrogens with two attached hydrogens (primary N) is 1. The van der Waals surface area contributed by atoms with E-state index in [0.29, 0.717) is 5.56 Å². The van der Waals surface area contributed by atoms with E-state index >= 15 is 0 Å². The van der Waals surface area contributed by atoms with E-state index in [-0.39, 0.29) is 5.56 Å². The summed E-state index contributed by atoms with van der Waals surface area (Å²) in [4.78, 5) is 0. The fraction of sp³-hybridized carbons (Fsp3) is 0.143. The molecule has 0 aliphatic heterocycles. The molecule has 0 aromatic heterocycles. The molecular formula is C14H12F3N. The highest BCUT2D eigenvalue weighted by Gasteiger charge is 2.16. The summed E-state index contributed by atoms with van der Waals surface area (Å²) in [6, 6.07) is 6.51. The quantitative estimate of drug-likeness (QED) is 0.869. The highest BCUT2D eigenvalue weighted by atomic mass is 19.1. The maximum Gasteiger partial charge on any atom is 0.131 e. The van der Waals surface area contributed by atoms with Gasteiger partial charge in [0.25, 0.3) is 0 Å². The van der Waals surface area contributed by atoms with Crippen molar-refractivity contribution in [3.05, 3.63) is 70.5 Å². The van der Waals surface area contributed by atoms with Gasteiger partial charge in [-0.25, -0.2) is 13.2 Å². The van der Waals surface area contributed by atoms with Gasteiger partial charge in [-0.2, -0.15) is 0 Å². The highest BCUT2D eigenvalue weighted by Crippen LogP contribution is 2.25. The van der Waals surface area contributed by atoms with E-state index in [2.05, 4.69) is 0 Å². The van der Waals surface area contributed by atoms with Crippen LogP contribution in [-0.2, 0) is 0 Å². The van der Waals surface area contributed by atoms with Crippen LogP contribution in [0.15, 0.2) is 36.4 Å². The molecule has 0 radical (unpaired) electrons. The summed E-state index contributed by atoms with van der Waals surface area (Å²) >= 11 is 0. The van der Waals surface area contributed by atoms with E-state index in [4.69, 9.17) is 5.73 Å². The van der Waals surface area contributed by atoms with Crippen molar-refractivity contribution in [2.24, 2.45) is 5.73 Å². The van der Waals surface area contributed by atoms with Crippen LogP contribution in [0.25, 0.3) is 0 Å². The molecule has 2 aromatic carbocycles. The van der Waals surface area contributed by atoms with Crippen molar-refractivity contribution in [3.63, 3.8) is 0 Å². The first-order valence-corrected chi connectivity index (χ1v) is 5.45. The Morgan fingerprint density at radius 2 is 1.50 bits per heavy atom. The van der Waals surface area contributed by atoms with Gasteiger partial charge in [-0.05, 0) is 36.2 Å². The van der Waals surface area contributed by atoms with E-state index in [1.807, 2.05) is 0 Å². The molecule has 0 amide bonds. The van der Waals surface area contributed by atoms with Crippen LogP contribution in [-0.4, -0.2) is 0 Å². The lowest BCUT2D eigenvalue weighted by atomic mass is 9.95. The third-order valence-electron chi connectivity index (χ3n) is 2.87. The molecule has 4 heteroatoms. The minimum absolute atomic E-state index is 0.144. The SMILES string of the molecule is Cc1ccc(F)cc1C(N)c1ccc(F)cc1F.